The van der Waals surface area contributed by atoms with E-state index in [1.807, 2.05) is 17.8 Å². The Hall–Kier alpha value is -0.670. The van der Waals surface area contributed by atoms with Crippen LogP contribution in [0.5, 0.6) is 5.75 Å². The van der Waals surface area contributed by atoms with Crippen LogP contribution in [0.3, 0.4) is 0 Å². The number of benzene rings is 1. The maximum Gasteiger partial charge on any atom is 0.124 e. The second-order valence-corrected chi connectivity index (χ2v) is 5.98. The Morgan fingerprint density at radius 1 is 1.26 bits per heavy atom. The van der Waals surface area contributed by atoms with Crippen molar-refractivity contribution < 1.29 is 4.74 Å². The minimum atomic E-state index is 0.216. The predicted octanol–water partition coefficient (Wildman–Crippen LogP) is 4.27. The van der Waals surface area contributed by atoms with E-state index in [2.05, 4.69) is 50.5 Å². The first kappa shape index (κ1) is 16.4. The fraction of sp³-hybridized carbons (Fsp3) is 0.625. The number of ether oxygens (including phenoxy) is 1. The van der Waals surface area contributed by atoms with Crippen LogP contribution in [-0.4, -0.2) is 24.7 Å². The molecule has 0 fully saturated rings. The quantitative estimate of drug-likeness (QED) is 0.730. The zero-order valence-corrected chi connectivity index (χ0v) is 13.4. The van der Waals surface area contributed by atoms with E-state index >= 15 is 0 Å². The molecule has 0 aliphatic rings. The lowest BCUT2D eigenvalue weighted by molar-refractivity contribution is 0.237. The molecule has 0 spiro atoms. The molecule has 2 nitrogen and oxygen atoms in total. The normalized spacial score (nSPS) is 12.7. The van der Waals surface area contributed by atoms with E-state index < -0.39 is 0 Å². The standard InChI is InChI=1S/C16H27NOS/c1-5-11-17-15(10-12-19-4)14-8-6-7-9-16(14)18-13(2)3/h6-9,13,15,17H,5,10-12H2,1-4H3. The first-order valence-electron chi connectivity index (χ1n) is 7.17. The summed E-state index contributed by atoms with van der Waals surface area (Å²) in [5, 5.41) is 3.64. The molecule has 0 saturated heterocycles. The molecule has 108 valence electrons. The molecule has 1 rings (SSSR count). The van der Waals surface area contributed by atoms with E-state index in [9.17, 15) is 0 Å². The Morgan fingerprint density at radius 3 is 2.63 bits per heavy atom. The van der Waals surface area contributed by atoms with Gasteiger partial charge in [0.25, 0.3) is 0 Å². The molecule has 1 unspecified atom stereocenters. The van der Waals surface area contributed by atoms with Gasteiger partial charge in [0.15, 0.2) is 0 Å². The average molecular weight is 281 g/mol. The summed E-state index contributed by atoms with van der Waals surface area (Å²) < 4.78 is 5.94. The van der Waals surface area contributed by atoms with Crippen molar-refractivity contribution in [3.8, 4) is 5.75 Å². The van der Waals surface area contributed by atoms with Crippen LogP contribution in [0, 0.1) is 0 Å². The largest absolute Gasteiger partial charge is 0.491 e. The SMILES string of the molecule is CCCNC(CCSC)c1ccccc1OC(C)C. The summed E-state index contributed by atoms with van der Waals surface area (Å²) in [4.78, 5) is 0. The minimum absolute atomic E-state index is 0.216. The first-order valence-corrected chi connectivity index (χ1v) is 8.56. The van der Waals surface area contributed by atoms with Crippen LogP contribution < -0.4 is 10.1 Å². The van der Waals surface area contributed by atoms with E-state index in [0.29, 0.717) is 6.04 Å². The molecular formula is C16H27NOS. The van der Waals surface area contributed by atoms with Crippen LogP contribution in [-0.2, 0) is 0 Å². The molecule has 0 saturated carbocycles. The van der Waals surface area contributed by atoms with Gasteiger partial charge in [-0.3, -0.25) is 0 Å². The third-order valence-electron chi connectivity index (χ3n) is 2.91. The molecular weight excluding hydrogens is 254 g/mol. The number of hydrogen-bond acceptors (Lipinski definition) is 3. The van der Waals surface area contributed by atoms with E-state index in [4.69, 9.17) is 4.74 Å². The van der Waals surface area contributed by atoms with E-state index in [-0.39, 0.29) is 6.10 Å². The van der Waals surface area contributed by atoms with Crippen LogP contribution >= 0.6 is 11.8 Å². The molecule has 0 bridgehead atoms. The van der Waals surface area contributed by atoms with Crippen molar-refractivity contribution in [2.75, 3.05) is 18.6 Å². The van der Waals surface area contributed by atoms with Gasteiger partial charge in [-0.1, -0.05) is 25.1 Å². The third kappa shape index (κ3) is 5.87. The van der Waals surface area contributed by atoms with Crippen molar-refractivity contribution in [3.05, 3.63) is 29.8 Å². The molecule has 0 aliphatic carbocycles. The summed E-state index contributed by atoms with van der Waals surface area (Å²) in [7, 11) is 0. The molecule has 1 atom stereocenters. The zero-order chi connectivity index (χ0) is 14.1. The van der Waals surface area contributed by atoms with Crippen molar-refractivity contribution in [2.45, 2.75) is 45.8 Å². The highest BCUT2D eigenvalue weighted by Gasteiger charge is 2.15. The maximum atomic E-state index is 5.94. The van der Waals surface area contributed by atoms with Crippen molar-refractivity contribution in [1.82, 2.24) is 5.32 Å². The molecule has 0 aliphatic heterocycles. The van der Waals surface area contributed by atoms with Crippen LogP contribution in [0.4, 0.5) is 0 Å². The van der Waals surface area contributed by atoms with Gasteiger partial charge in [-0.2, -0.15) is 11.8 Å². The monoisotopic (exact) mass is 281 g/mol. The Kier molecular flexibility index (Phi) is 7.99. The van der Waals surface area contributed by atoms with Gasteiger partial charge in [0.1, 0.15) is 5.75 Å². The van der Waals surface area contributed by atoms with Gasteiger partial charge in [0.05, 0.1) is 6.10 Å². The maximum absolute atomic E-state index is 5.94. The number of hydrogen-bond donors (Lipinski definition) is 1. The van der Waals surface area contributed by atoms with Crippen LogP contribution in [0.25, 0.3) is 0 Å². The van der Waals surface area contributed by atoms with Gasteiger partial charge < -0.3 is 10.1 Å². The average Bonchev–Trinajstić information content (AvgIpc) is 2.39. The molecule has 0 aromatic heterocycles. The highest BCUT2D eigenvalue weighted by atomic mass is 32.2. The summed E-state index contributed by atoms with van der Waals surface area (Å²) in [5.74, 6) is 2.18. The predicted molar refractivity (Wildman–Crippen MR) is 86.2 cm³/mol. The molecule has 3 heteroatoms. The second-order valence-electron chi connectivity index (χ2n) is 4.99. The Balaban J connectivity index is 2.85. The lowest BCUT2D eigenvalue weighted by Crippen LogP contribution is -2.24. The molecule has 1 aromatic carbocycles. The topological polar surface area (TPSA) is 21.3 Å². The van der Waals surface area contributed by atoms with Gasteiger partial charge >= 0.3 is 0 Å². The molecule has 0 heterocycles. The second kappa shape index (κ2) is 9.27. The summed E-state index contributed by atoms with van der Waals surface area (Å²) >= 11 is 1.90. The number of rotatable bonds is 9. The minimum Gasteiger partial charge on any atom is -0.491 e. The number of thioether (sulfide) groups is 1. The van der Waals surface area contributed by atoms with Crippen molar-refractivity contribution in [3.63, 3.8) is 0 Å². The summed E-state index contributed by atoms with van der Waals surface area (Å²) in [6, 6.07) is 8.80. The first-order chi connectivity index (χ1) is 9.19. The van der Waals surface area contributed by atoms with E-state index in [0.717, 1.165) is 30.9 Å². The van der Waals surface area contributed by atoms with Gasteiger partial charge in [-0.25, -0.2) is 0 Å². The highest BCUT2D eigenvalue weighted by Crippen LogP contribution is 2.28. The smallest absolute Gasteiger partial charge is 0.124 e. The van der Waals surface area contributed by atoms with Crippen molar-refractivity contribution in [2.24, 2.45) is 0 Å². The lowest BCUT2D eigenvalue weighted by Gasteiger charge is -2.22. The number of para-hydroxylation sites is 1. The van der Waals surface area contributed by atoms with Crippen LogP contribution in [0.15, 0.2) is 24.3 Å². The van der Waals surface area contributed by atoms with E-state index in [1.54, 1.807) is 0 Å². The van der Waals surface area contributed by atoms with Crippen LogP contribution in [0.1, 0.15) is 45.2 Å². The lowest BCUT2D eigenvalue weighted by atomic mass is 10.0. The zero-order valence-electron chi connectivity index (χ0n) is 12.6. The van der Waals surface area contributed by atoms with Gasteiger partial charge in [0.2, 0.25) is 0 Å². The molecule has 1 aromatic rings. The Bertz CT molecular complexity index is 346. The summed E-state index contributed by atoms with van der Waals surface area (Å²) in [6.07, 6.45) is 4.67. The van der Waals surface area contributed by atoms with Crippen molar-refractivity contribution in [1.29, 1.82) is 0 Å². The van der Waals surface area contributed by atoms with Gasteiger partial charge in [-0.05, 0) is 51.3 Å². The Morgan fingerprint density at radius 2 is 2.00 bits per heavy atom. The van der Waals surface area contributed by atoms with Gasteiger partial charge in [-0.15, -0.1) is 0 Å². The highest BCUT2D eigenvalue weighted by molar-refractivity contribution is 7.98. The van der Waals surface area contributed by atoms with Crippen LogP contribution in [0.2, 0.25) is 0 Å². The van der Waals surface area contributed by atoms with Gasteiger partial charge in [0, 0.05) is 11.6 Å². The fourth-order valence-electron chi connectivity index (χ4n) is 2.05. The molecule has 1 N–H and O–H groups in total. The molecule has 0 radical (unpaired) electrons. The van der Waals surface area contributed by atoms with E-state index in [1.165, 1.54) is 5.56 Å². The molecule has 0 amide bonds. The summed E-state index contributed by atoms with van der Waals surface area (Å²) in [5.41, 5.74) is 1.29. The Labute approximate surface area is 122 Å². The molecule has 19 heavy (non-hydrogen) atoms. The number of nitrogens with one attached hydrogen (secondary N) is 1. The van der Waals surface area contributed by atoms with Crippen molar-refractivity contribution >= 4 is 11.8 Å². The fourth-order valence-corrected chi connectivity index (χ4v) is 2.52. The summed E-state index contributed by atoms with van der Waals surface area (Å²) in [6.45, 7) is 7.41. The third-order valence-corrected chi connectivity index (χ3v) is 3.55.